The molecule has 0 aromatic heterocycles. The topological polar surface area (TPSA) is 61.4 Å². The number of ether oxygens (including phenoxy) is 5. The molecule has 3 aromatic rings. The fourth-order valence-electron chi connectivity index (χ4n) is 3.46. The Hall–Kier alpha value is -3.65. The lowest BCUT2D eigenvalue weighted by Gasteiger charge is -2.27. The zero-order chi connectivity index (χ0) is 24.5. The molecule has 3 aromatic carbocycles. The summed E-state index contributed by atoms with van der Waals surface area (Å²) in [6, 6.07) is 19.2. The summed E-state index contributed by atoms with van der Waals surface area (Å²) >= 11 is 5.85. The third kappa shape index (κ3) is 6.23. The molecule has 0 aliphatic rings. The van der Waals surface area contributed by atoms with Crippen LogP contribution < -0.4 is 29.0 Å². The van der Waals surface area contributed by atoms with Crippen LogP contribution in [0, 0.1) is 0 Å². The molecular formula is C26H30N2O5S. The monoisotopic (exact) mass is 482 g/mol. The van der Waals surface area contributed by atoms with Crippen molar-refractivity contribution >= 4 is 23.0 Å². The van der Waals surface area contributed by atoms with E-state index >= 15 is 0 Å². The molecule has 0 spiro atoms. The summed E-state index contributed by atoms with van der Waals surface area (Å²) in [7, 11) is 8.17. The molecule has 0 heterocycles. The third-order valence-electron chi connectivity index (χ3n) is 5.32. The molecule has 0 fully saturated rings. The highest BCUT2D eigenvalue weighted by molar-refractivity contribution is 7.80. The van der Waals surface area contributed by atoms with E-state index in [9.17, 15) is 0 Å². The van der Waals surface area contributed by atoms with E-state index in [1.165, 1.54) is 0 Å². The van der Waals surface area contributed by atoms with E-state index in [0.717, 1.165) is 34.1 Å². The SMILES string of the molecule is COc1ccc(CN(Cc2cc(OC)ccc2OC)C(=S)Nc2ccc(OC)cc2OC)cc1. The maximum absolute atomic E-state index is 5.85. The molecule has 3 rings (SSSR count). The van der Waals surface area contributed by atoms with Crippen molar-refractivity contribution in [3.8, 4) is 28.7 Å². The van der Waals surface area contributed by atoms with Crippen LogP contribution in [0.4, 0.5) is 5.69 Å². The van der Waals surface area contributed by atoms with Gasteiger partial charge in [-0.25, -0.2) is 0 Å². The third-order valence-corrected chi connectivity index (χ3v) is 5.68. The van der Waals surface area contributed by atoms with Gasteiger partial charge in [-0.1, -0.05) is 12.1 Å². The molecule has 0 atom stereocenters. The summed E-state index contributed by atoms with van der Waals surface area (Å²) in [5, 5.41) is 3.85. The summed E-state index contributed by atoms with van der Waals surface area (Å²) in [5.41, 5.74) is 2.76. The molecule has 180 valence electrons. The lowest BCUT2D eigenvalue weighted by molar-refractivity contribution is 0.371. The van der Waals surface area contributed by atoms with Gasteiger partial charge in [0.2, 0.25) is 0 Å². The van der Waals surface area contributed by atoms with Gasteiger partial charge in [0.15, 0.2) is 5.11 Å². The molecule has 0 aliphatic carbocycles. The van der Waals surface area contributed by atoms with E-state index in [1.807, 2.05) is 60.7 Å². The molecule has 0 aliphatic heterocycles. The van der Waals surface area contributed by atoms with Crippen molar-refractivity contribution < 1.29 is 23.7 Å². The molecule has 1 N–H and O–H groups in total. The van der Waals surface area contributed by atoms with Gasteiger partial charge in [-0.15, -0.1) is 0 Å². The summed E-state index contributed by atoms with van der Waals surface area (Å²) in [5.74, 6) is 3.63. The highest BCUT2D eigenvalue weighted by atomic mass is 32.1. The first-order valence-corrected chi connectivity index (χ1v) is 11.0. The molecule has 0 bridgehead atoms. The second-order valence-electron chi connectivity index (χ2n) is 7.38. The predicted octanol–water partition coefficient (Wildman–Crippen LogP) is 5.13. The zero-order valence-corrected chi connectivity index (χ0v) is 20.9. The number of hydrogen-bond donors (Lipinski definition) is 1. The molecule has 0 saturated carbocycles. The lowest BCUT2D eigenvalue weighted by Crippen LogP contribution is -2.34. The Labute approximate surface area is 206 Å². The van der Waals surface area contributed by atoms with E-state index in [-0.39, 0.29) is 0 Å². The Balaban J connectivity index is 1.91. The number of rotatable bonds is 10. The van der Waals surface area contributed by atoms with Crippen LogP contribution >= 0.6 is 12.2 Å². The van der Waals surface area contributed by atoms with Gasteiger partial charge in [-0.3, -0.25) is 0 Å². The van der Waals surface area contributed by atoms with Crippen LogP contribution in [-0.2, 0) is 13.1 Å². The van der Waals surface area contributed by atoms with Gasteiger partial charge in [-0.2, -0.15) is 0 Å². The first-order chi connectivity index (χ1) is 16.5. The number of anilines is 1. The largest absolute Gasteiger partial charge is 0.497 e. The lowest BCUT2D eigenvalue weighted by atomic mass is 10.1. The van der Waals surface area contributed by atoms with Gasteiger partial charge in [0, 0.05) is 24.7 Å². The van der Waals surface area contributed by atoms with E-state index in [4.69, 9.17) is 35.9 Å². The maximum Gasteiger partial charge on any atom is 0.174 e. The minimum Gasteiger partial charge on any atom is -0.497 e. The van der Waals surface area contributed by atoms with Crippen LogP contribution in [-0.4, -0.2) is 45.6 Å². The minimum atomic E-state index is 0.497. The van der Waals surface area contributed by atoms with Gasteiger partial charge >= 0.3 is 0 Å². The molecule has 7 nitrogen and oxygen atoms in total. The molecule has 0 amide bonds. The fourth-order valence-corrected chi connectivity index (χ4v) is 3.70. The van der Waals surface area contributed by atoms with Gasteiger partial charge in [0.25, 0.3) is 0 Å². The Morgan fingerprint density at radius 2 is 1.26 bits per heavy atom. The van der Waals surface area contributed by atoms with Crippen LogP contribution in [0.5, 0.6) is 28.7 Å². The van der Waals surface area contributed by atoms with E-state index < -0.39 is 0 Å². The Bertz CT molecular complexity index is 1100. The summed E-state index contributed by atoms with van der Waals surface area (Å²) in [6.45, 7) is 1.06. The van der Waals surface area contributed by atoms with Crippen molar-refractivity contribution in [1.82, 2.24) is 4.90 Å². The zero-order valence-electron chi connectivity index (χ0n) is 20.1. The number of hydrogen-bond acceptors (Lipinski definition) is 6. The quantitative estimate of drug-likeness (QED) is 0.399. The van der Waals surface area contributed by atoms with E-state index in [2.05, 4.69) is 10.2 Å². The Morgan fingerprint density at radius 1 is 0.676 bits per heavy atom. The minimum absolute atomic E-state index is 0.497. The normalized spacial score (nSPS) is 10.3. The fraction of sp³-hybridized carbons (Fsp3) is 0.269. The van der Waals surface area contributed by atoms with Crippen LogP contribution in [0.3, 0.4) is 0 Å². The van der Waals surface area contributed by atoms with Crippen LogP contribution in [0.2, 0.25) is 0 Å². The van der Waals surface area contributed by atoms with E-state index in [1.54, 1.807) is 35.5 Å². The highest BCUT2D eigenvalue weighted by Gasteiger charge is 2.17. The van der Waals surface area contributed by atoms with Crippen LogP contribution in [0.25, 0.3) is 0 Å². The summed E-state index contributed by atoms with van der Waals surface area (Å²) < 4.78 is 27.1. The molecule has 0 unspecified atom stereocenters. The molecular weight excluding hydrogens is 452 g/mol. The molecule has 0 saturated heterocycles. The molecule has 34 heavy (non-hydrogen) atoms. The highest BCUT2D eigenvalue weighted by Crippen LogP contribution is 2.30. The maximum atomic E-state index is 5.85. The summed E-state index contributed by atoms with van der Waals surface area (Å²) in [4.78, 5) is 2.05. The van der Waals surface area contributed by atoms with E-state index in [0.29, 0.717) is 29.7 Å². The summed E-state index contributed by atoms with van der Waals surface area (Å²) in [6.07, 6.45) is 0. The van der Waals surface area contributed by atoms with Gasteiger partial charge in [0.1, 0.15) is 28.7 Å². The average Bonchev–Trinajstić information content (AvgIpc) is 2.88. The van der Waals surface area contributed by atoms with Crippen molar-refractivity contribution in [3.63, 3.8) is 0 Å². The van der Waals surface area contributed by atoms with Crippen LogP contribution in [0.15, 0.2) is 60.7 Å². The number of thiocarbonyl (C=S) groups is 1. The van der Waals surface area contributed by atoms with Gasteiger partial charge < -0.3 is 33.9 Å². The predicted molar refractivity (Wildman–Crippen MR) is 138 cm³/mol. The van der Waals surface area contributed by atoms with Crippen LogP contribution in [0.1, 0.15) is 11.1 Å². The average molecular weight is 483 g/mol. The Kier molecular flexibility index (Phi) is 8.81. The Morgan fingerprint density at radius 3 is 1.88 bits per heavy atom. The van der Waals surface area contributed by atoms with Crippen molar-refractivity contribution in [3.05, 3.63) is 71.8 Å². The second kappa shape index (κ2) is 12.0. The molecule has 0 radical (unpaired) electrons. The first-order valence-electron chi connectivity index (χ1n) is 10.6. The number of nitrogens with one attached hydrogen (secondary N) is 1. The van der Waals surface area contributed by atoms with Crippen molar-refractivity contribution in [2.75, 3.05) is 40.9 Å². The second-order valence-corrected chi connectivity index (χ2v) is 7.76. The van der Waals surface area contributed by atoms with Crippen molar-refractivity contribution in [2.24, 2.45) is 0 Å². The molecule has 8 heteroatoms. The van der Waals surface area contributed by atoms with Gasteiger partial charge in [-0.05, 0) is 60.2 Å². The van der Waals surface area contributed by atoms with Crippen molar-refractivity contribution in [2.45, 2.75) is 13.1 Å². The number of benzene rings is 3. The smallest absolute Gasteiger partial charge is 0.174 e. The number of methoxy groups -OCH3 is 5. The number of nitrogens with zero attached hydrogens (tertiary/aromatic N) is 1. The van der Waals surface area contributed by atoms with Gasteiger partial charge in [0.05, 0.1) is 41.2 Å². The first kappa shape index (κ1) is 25.0. The van der Waals surface area contributed by atoms with Crippen molar-refractivity contribution in [1.29, 1.82) is 0 Å². The standard InChI is InChI=1S/C26H30N2O5S/c1-29-20-8-6-18(7-9-20)16-28(17-19-14-21(30-2)11-13-24(19)32-4)26(34)27-23-12-10-22(31-3)15-25(23)33-5/h6-15H,16-17H2,1-5H3,(H,27,34).